The van der Waals surface area contributed by atoms with Crippen molar-refractivity contribution < 1.29 is 28.6 Å². The highest BCUT2D eigenvalue weighted by atomic mass is 16.6. The second-order valence-electron chi connectivity index (χ2n) is 21.1. The van der Waals surface area contributed by atoms with E-state index in [9.17, 15) is 14.4 Å². The SMILES string of the molecule is CC(C)CCC(C(C)C)C(C)OC(=O)CCCCCCCC(CCCCCCCC(=O)OC(C)C(CCC(C)C)C(C)C)OC(=O)CC(C)(C)C(C)(C)CN(C)C. The van der Waals surface area contributed by atoms with Crippen LogP contribution in [-0.4, -0.2) is 61.8 Å². The van der Waals surface area contributed by atoms with Gasteiger partial charge in [0.2, 0.25) is 0 Å². The normalized spacial score (nSPS) is 15.3. The van der Waals surface area contributed by atoms with Crippen LogP contribution in [0.15, 0.2) is 0 Å². The number of carbonyl (C=O) groups is 3. The summed E-state index contributed by atoms with van der Waals surface area (Å²) < 4.78 is 18.0. The van der Waals surface area contributed by atoms with E-state index in [2.05, 4.69) is 116 Å². The largest absolute Gasteiger partial charge is 0.462 e. The predicted molar refractivity (Wildman–Crippen MR) is 241 cm³/mol. The molecule has 0 N–H and O–H groups in total. The Balaban J connectivity index is 4.91. The molecule has 4 atom stereocenters. The molecule has 0 heterocycles. The summed E-state index contributed by atoms with van der Waals surface area (Å²) in [7, 11) is 4.17. The monoisotopic (exact) mass is 808 g/mol. The topological polar surface area (TPSA) is 82.1 Å². The zero-order valence-electron chi connectivity index (χ0n) is 40.7. The maximum absolute atomic E-state index is 13.4. The summed E-state index contributed by atoms with van der Waals surface area (Å²) in [5, 5.41) is 0. The molecule has 7 nitrogen and oxygen atoms in total. The van der Waals surface area contributed by atoms with Crippen LogP contribution in [0.3, 0.4) is 0 Å². The van der Waals surface area contributed by atoms with Crippen LogP contribution < -0.4 is 0 Å². The number of esters is 3. The Morgan fingerprint density at radius 2 is 0.825 bits per heavy atom. The standard InChI is InChI=1S/C50H97NO6/c1-37(2)31-33-44(39(5)6)41(9)55-46(52)29-25-21-17-19-23-27-43(57-48(54)35-49(11,12)50(13,14)36-51(15)16)28-24-20-18-22-26-30-47(53)56-42(10)45(40(7)8)34-32-38(3)4/h37-45H,17-36H2,1-16H3. The van der Waals surface area contributed by atoms with Gasteiger partial charge in [-0.2, -0.15) is 0 Å². The number of hydrogen-bond donors (Lipinski definition) is 0. The Morgan fingerprint density at radius 1 is 0.456 bits per heavy atom. The first-order chi connectivity index (χ1) is 26.5. The average Bonchev–Trinajstić information content (AvgIpc) is 3.05. The van der Waals surface area contributed by atoms with E-state index in [0.29, 0.717) is 54.8 Å². The molecule has 0 bridgehead atoms. The van der Waals surface area contributed by atoms with Crippen LogP contribution in [0.1, 0.15) is 219 Å². The lowest BCUT2D eigenvalue weighted by atomic mass is 9.66. The van der Waals surface area contributed by atoms with Crippen LogP contribution in [-0.2, 0) is 28.6 Å². The Kier molecular flexibility index (Phi) is 28.7. The Morgan fingerprint density at radius 3 is 1.18 bits per heavy atom. The third-order valence-corrected chi connectivity index (χ3v) is 12.9. The van der Waals surface area contributed by atoms with Gasteiger partial charge in [-0.25, -0.2) is 0 Å². The van der Waals surface area contributed by atoms with Gasteiger partial charge >= 0.3 is 17.9 Å². The summed E-state index contributed by atoms with van der Waals surface area (Å²) in [5.74, 6) is 2.89. The Bertz CT molecular complexity index is 1010. The first kappa shape index (κ1) is 55.4. The van der Waals surface area contributed by atoms with Crippen molar-refractivity contribution in [3.05, 3.63) is 0 Å². The third kappa shape index (κ3) is 26.2. The van der Waals surface area contributed by atoms with Gasteiger partial charge < -0.3 is 19.1 Å². The number of unbranched alkanes of at least 4 members (excludes halogenated alkanes) is 8. The smallest absolute Gasteiger partial charge is 0.306 e. The van der Waals surface area contributed by atoms with E-state index in [4.69, 9.17) is 14.2 Å². The van der Waals surface area contributed by atoms with E-state index in [1.54, 1.807) is 0 Å². The zero-order valence-corrected chi connectivity index (χ0v) is 40.7. The molecule has 0 aromatic rings. The molecule has 0 aromatic heterocycles. The van der Waals surface area contributed by atoms with Crippen LogP contribution in [0.4, 0.5) is 0 Å². The van der Waals surface area contributed by atoms with E-state index in [-0.39, 0.29) is 47.0 Å². The molecule has 7 heteroatoms. The lowest BCUT2D eigenvalue weighted by Crippen LogP contribution is -2.42. The molecule has 0 aromatic carbocycles. The van der Waals surface area contributed by atoms with Gasteiger partial charge in [0, 0.05) is 19.4 Å². The summed E-state index contributed by atoms with van der Waals surface area (Å²) in [6.45, 7) is 31.8. The molecule has 0 aliphatic rings. The second kappa shape index (κ2) is 29.6. The van der Waals surface area contributed by atoms with Gasteiger partial charge in [0.1, 0.15) is 18.3 Å². The minimum atomic E-state index is -0.204. The van der Waals surface area contributed by atoms with E-state index in [1.165, 1.54) is 0 Å². The van der Waals surface area contributed by atoms with Crippen molar-refractivity contribution in [2.45, 2.75) is 237 Å². The van der Waals surface area contributed by atoms with Gasteiger partial charge in [0.05, 0.1) is 6.42 Å². The van der Waals surface area contributed by atoms with E-state index >= 15 is 0 Å². The minimum Gasteiger partial charge on any atom is -0.462 e. The number of carbonyl (C=O) groups excluding carboxylic acids is 3. The quantitative estimate of drug-likeness (QED) is 0.0364. The fourth-order valence-electron chi connectivity index (χ4n) is 8.42. The van der Waals surface area contributed by atoms with Gasteiger partial charge in [0.25, 0.3) is 0 Å². The molecule has 338 valence electrons. The molecule has 0 radical (unpaired) electrons. The van der Waals surface area contributed by atoms with Crippen molar-refractivity contribution in [3.8, 4) is 0 Å². The van der Waals surface area contributed by atoms with Crippen LogP contribution >= 0.6 is 0 Å². The maximum Gasteiger partial charge on any atom is 0.306 e. The maximum atomic E-state index is 13.4. The molecule has 0 fully saturated rings. The van der Waals surface area contributed by atoms with Crippen LogP contribution in [0.25, 0.3) is 0 Å². The summed E-state index contributed by atoms with van der Waals surface area (Å²) in [6, 6.07) is 0. The summed E-state index contributed by atoms with van der Waals surface area (Å²) in [6.07, 6.45) is 17.5. The highest BCUT2D eigenvalue weighted by Crippen LogP contribution is 2.42. The molecule has 0 spiro atoms. The molecule has 0 amide bonds. The lowest BCUT2D eigenvalue weighted by Gasteiger charge is -2.43. The number of nitrogens with zero attached hydrogens (tertiary/aromatic N) is 1. The number of ether oxygens (including phenoxy) is 3. The summed E-state index contributed by atoms with van der Waals surface area (Å²) in [4.78, 5) is 40.9. The first-order valence-corrected chi connectivity index (χ1v) is 23.7. The van der Waals surface area contributed by atoms with Crippen LogP contribution in [0, 0.1) is 46.3 Å². The second-order valence-corrected chi connectivity index (χ2v) is 21.1. The molecule has 0 saturated carbocycles. The Hall–Kier alpha value is -1.63. The lowest BCUT2D eigenvalue weighted by molar-refractivity contribution is -0.155. The van der Waals surface area contributed by atoms with Crippen molar-refractivity contribution in [2.75, 3.05) is 20.6 Å². The average molecular weight is 808 g/mol. The van der Waals surface area contributed by atoms with E-state index in [1.807, 2.05) is 0 Å². The van der Waals surface area contributed by atoms with Gasteiger partial charge in [0.15, 0.2) is 0 Å². The van der Waals surface area contributed by atoms with Gasteiger partial charge in [-0.05, 0) is 126 Å². The molecule has 57 heavy (non-hydrogen) atoms. The summed E-state index contributed by atoms with van der Waals surface area (Å²) in [5.41, 5.74) is -0.252. The third-order valence-electron chi connectivity index (χ3n) is 12.9. The van der Waals surface area contributed by atoms with Crippen molar-refractivity contribution in [2.24, 2.45) is 46.3 Å². The van der Waals surface area contributed by atoms with Gasteiger partial charge in [-0.1, -0.05) is 134 Å². The van der Waals surface area contributed by atoms with Crippen LogP contribution in [0.5, 0.6) is 0 Å². The molecular formula is C50H97NO6. The fourth-order valence-corrected chi connectivity index (χ4v) is 8.42. The highest BCUT2D eigenvalue weighted by Gasteiger charge is 2.39. The van der Waals surface area contributed by atoms with Gasteiger partial charge in [-0.15, -0.1) is 0 Å². The number of hydrogen-bond acceptors (Lipinski definition) is 7. The summed E-state index contributed by atoms with van der Waals surface area (Å²) >= 11 is 0. The molecule has 4 unspecified atom stereocenters. The van der Waals surface area contributed by atoms with Crippen molar-refractivity contribution in [1.29, 1.82) is 0 Å². The fraction of sp³-hybridized carbons (Fsp3) is 0.940. The molecular weight excluding hydrogens is 711 g/mol. The minimum absolute atomic E-state index is 0.0414. The Labute approximate surface area is 354 Å². The van der Waals surface area contributed by atoms with Crippen LogP contribution in [0.2, 0.25) is 0 Å². The van der Waals surface area contributed by atoms with Crippen molar-refractivity contribution in [1.82, 2.24) is 4.90 Å². The highest BCUT2D eigenvalue weighted by molar-refractivity contribution is 5.70. The molecule has 0 rings (SSSR count). The zero-order chi connectivity index (χ0) is 43.8. The molecule has 0 aliphatic heterocycles. The van der Waals surface area contributed by atoms with Crippen molar-refractivity contribution in [3.63, 3.8) is 0 Å². The van der Waals surface area contributed by atoms with E-state index in [0.717, 1.165) is 109 Å². The molecule has 0 saturated heterocycles. The van der Waals surface area contributed by atoms with Crippen molar-refractivity contribution >= 4 is 17.9 Å². The molecule has 0 aliphatic carbocycles. The van der Waals surface area contributed by atoms with E-state index < -0.39 is 0 Å². The van der Waals surface area contributed by atoms with Gasteiger partial charge in [-0.3, -0.25) is 14.4 Å². The first-order valence-electron chi connectivity index (χ1n) is 23.7. The predicted octanol–water partition coefficient (Wildman–Crippen LogP) is 13.6. The number of rotatable bonds is 34.